The van der Waals surface area contributed by atoms with E-state index in [2.05, 4.69) is 10.8 Å². The Bertz CT molecular complexity index is 430. The molecule has 16 heavy (non-hydrogen) atoms. The molecule has 3 heteroatoms. The third-order valence-electron chi connectivity index (χ3n) is 2.89. The SMILES string of the molecule is C#CC1CCCN1c1ccc(C(=O)O)cc1. The molecule has 3 nitrogen and oxygen atoms in total. The number of aromatic carboxylic acids is 1. The zero-order valence-electron chi connectivity index (χ0n) is 8.89. The molecule has 2 rings (SSSR count). The zero-order valence-corrected chi connectivity index (χ0v) is 8.89. The van der Waals surface area contributed by atoms with Crippen molar-refractivity contribution in [1.29, 1.82) is 0 Å². The van der Waals surface area contributed by atoms with Gasteiger partial charge in [0.15, 0.2) is 0 Å². The van der Waals surface area contributed by atoms with Gasteiger partial charge in [-0.25, -0.2) is 4.79 Å². The highest BCUT2D eigenvalue weighted by Gasteiger charge is 2.22. The number of carbonyl (C=O) groups is 1. The molecule has 1 fully saturated rings. The lowest BCUT2D eigenvalue weighted by molar-refractivity contribution is 0.0697. The lowest BCUT2D eigenvalue weighted by Crippen LogP contribution is -2.27. The molecule has 1 saturated heterocycles. The van der Waals surface area contributed by atoms with Gasteiger partial charge in [0.25, 0.3) is 0 Å². The van der Waals surface area contributed by atoms with Crippen molar-refractivity contribution in [3.05, 3.63) is 29.8 Å². The average molecular weight is 215 g/mol. The fourth-order valence-electron chi connectivity index (χ4n) is 2.04. The molecule has 1 aliphatic heterocycles. The number of hydrogen-bond donors (Lipinski definition) is 1. The molecular formula is C13H13NO2. The van der Waals surface area contributed by atoms with E-state index in [0.29, 0.717) is 5.56 Å². The van der Waals surface area contributed by atoms with Gasteiger partial charge in [-0.2, -0.15) is 0 Å². The van der Waals surface area contributed by atoms with Gasteiger partial charge in [-0.05, 0) is 37.1 Å². The van der Waals surface area contributed by atoms with E-state index in [1.54, 1.807) is 12.1 Å². The Hall–Kier alpha value is -1.95. The minimum atomic E-state index is -0.901. The van der Waals surface area contributed by atoms with Crippen molar-refractivity contribution in [3.63, 3.8) is 0 Å². The number of rotatable bonds is 2. The number of anilines is 1. The Morgan fingerprint density at radius 2 is 2.12 bits per heavy atom. The van der Waals surface area contributed by atoms with Gasteiger partial charge in [0.1, 0.15) is 0 Å². The topological polar surface area (TPSA) is 40.5 Å². The number of terminal acetylenes is 1. The molecule has 1 atom stereocenters. The number of carboxylic acid groups (broad SMARTS) is 1. The zero-order chi connectivity index (χ0) is 11.5. The molecule has 1 heterocycles. The third-order valence-corrected chi connectivity index (χ3v) is 2.89. The van der Waals surface area contributed by atoms with Crippen LogP contribution in [-0.4, -0.2) is 23.7 Å². The number of hydrogen-bond acceptors (Lipinski definition) is 2. The number of carboxylic acids is 1. The number of benzene rings is 1. The van der Waals surface area contributed by atoms with Gasteiger partial charge in [0.2, 0.25) is 0 Å². The second-order valence-corrected chi connectivity index (χ2v) is 3.87. The summed E-state index contributed by atoms with van der Waals surface area (Å²) in [5.41, 5.74) is 1.31. The summed E-state index contributed by atoms with van der Waals surface area (Å²) < 4.78 is 0. The molecule has 0 bridgehead atoms. The van der Waals surface area contributed by atoms with E-state index in [0.717, 1.165) is 25.1 Å². The summed E-state index contributed by atoms with van der Waals surface area (Å²) in [7, 11) is 0. The minimum absolute atomic E-state index is 0.149. The summed E-state index contributed by atoms with van der Waals surface area (Å²) in [5.74, 6) is 1.86. The van der Waals surface area contributed by atoms with Crippen LogP contribution in [0.2, 0.25) is 0 Å². The van der Waals surface area contributed by atoms with Crippen LogP contribution in [0.1, 0.15) is 23.2 Å². The van der Waals surface area contributed by atoms with Crippen molar-refractivity contribution in [3.8, 4) is 12.3 Å². The molecule has 0 spiro atoms. The lowest BCUT2D eigenvalue weighted by Gasteiger charge is -2.22. The smallest absolute Gasteiger partial charge is 0.335 e. The van der Waals surface area contributed by atoms with Crippen molar-refractivity contribution in [2.45, 2.75) is 18.9 Å². The summed E-state index contributed by atoms with van der Waals surface area (Å²) in [6.07, 6.45) is 7.56. The highest BCUT2D eigenvalue weighted by atomic mass is 16.4. The Kier molecular flexibility index (Phi) is 2.82. The van der Waals surface area contributed by atoms with Crippen LogP contribution in [0.5, 0.6) is 0 Å². The third kappa shape index (κ3) is 1.87. The first-order valence-electron chi connectivity index (χ1n) is 5.28. The van der Waals surface area contributed by atoms with Crippen LogP contribution in [0.25, 0.3) is 0 Å². The molecule has 0 radical (unpaired) electrons. The fourth-order valence-corrected chi connectivity index (χ4v) is 2.04. The van der Waals surface area contributed by atoms with Gasteiger partial charge in [-0.1, -0.05) is 5.92 Å². The van der Waals surface area contributed by atoms with Gasteiger partial charge < -0.3 is 10.0 Å². The van der Waals surface area contributed by atoms with Crippen LogP contribution in [0.4, 0.5) is 5.69 Å². The van der Waals surface area contributed by atoms with Crippen molar-refractivity contribution in [2.75, 3.05) is 11.4 Å². The summed E-state index contributed by atoms with van der Waals surface area (Å²) in [6.45, 7) is 0.946. The Labute approximate surface area is 94.7 Å². The average Bonchev–Trinajstić information content (AvgIpc) is 2.77. The van der Waals surface area contributed by atoms with Gasteiger partial charge in [-0.3, -0.25) is 0 Å². The normalized spacial score (nSPS) is 19.4. The maximum atomic E-state index is 10.7. The molecule has 0 aliphatic carbocycles. The summed E-state index contributed by atoms with van der Waals surface area (Å²) in [4.78, 5) is 12.9. The highest BCUT2D eigenvalue weighted by Crippen LogP contribution is 2.25. The van der Waals surface area contributed by atoms with E-state index < -0.39 is 5.97 Å². The maximum Gasteiger partial charge on any atom is 0.335 e. The number of nitrogens with zero attached hydrogens (tertiary/aromatic N) is 1. The summed E-state index contributed by atoms with van der Waals surface area (Å²) in [5, 5.41) is 8.79. The molecule has 1 aliphatic rings. The molecule has 0 saturated carbocycles. The lowest BCUT2D eigenvalue weighted by atomic mass is 10.2. The Morgan fingerprint density at radius 3 is 2.69 bits per heavy atom. The summed E-state index contributed by atoms with van der Waals surface area (Å²) >= 11 is 0. The van der Waals surface area contributed by atoms with Crippen molar-refractivity contribution in [1.82, 2.24) is 0 Å². The molecule has 1 unspecified atom stereocenters. The molecule has 1 N–H and O–H groups in total. The first-order valence-corrected chi connectivity index (χ1v) is 5.28. The van der Waals surface area contributed by atoms with E-state index in [1.165, 1.54) is 0 Å². The van der Waals surface area contributed by atoms with E-state index in [4.69, 9.17) is 11.5 Å². The van der Waals surface area contributed by atoms with Crippen LogP contribution >= 0.6 is 0 Å². The quantitative estimate of drug-likeness (QED) is 0.767. The first-order chi connectivity index (χ1) is 7.72. The molecular weight excluding hydrogens is 202 g/mol. The van der Waals surface area contributed by atoms with E-state index in [1.807, 2.05) is 12.1 Å². The van der Waals surface area contributed by atoms with Crippen molar-refractivity contribution < 1.29 is 9.90 Å². The van der Waals surface area contributed by atoms with Crippen LogP contribution in [0, 0.1) is 12.3 Å². The second kappa shape index (κ2) is 4.28. The molecule has 82 valence electrons. The van der Waals surface area contributed by atoms with Crippen LogP contribution in [0.3, 0.4) is 0 Å². The van der Waals surface area contributed by atoms with Gasteiger partial charge >= 0.3 is 5.97 Å². The predicted molar refractivity (Wildman–Crippen MR) is 62.6 cm³/mol. The van der Waals surface area contributed by atoms with Crippen LogP contribution in [0.15, 0.2) is 24.3 Å². The van der Waals surface area contributed by atoms with E-state index in [9.17, 15) is 4.79 Å². The first kappa shape index (κ1) is 10.6. The predicted octanol–water partition coefficient (Wildman–Crippen LogP) is 1.99. The summed E-state index contributed by atoms with van der Waals surface area (Å²) in [6, 6.07) is 7.02. The maximum absolute atomic E-state index is 10.7. The molecule has 1 aromatic rings. The van der Waals surface area contributed by atoms with Gasteiger partial charge in [0.05, 0.1) is 11.6 Å². The molecule has 1 aromatic carbocycles. The second-order valence-electron chi connectivity index (χ2n) is 3.87. The van der Waals surface area contributed by atoms with Crippen molar-refractivity contribution in [2.24, 2.45) is 0 Å². The standard InChI is InChI=1S/C13H13NO2/c1-2-11-4-3-9-14(11)12-7-5-10(6-8-12)13(15)16/h1,5-8,11H,3-4,9H2,(H,15,16). The van der Waals surface area contributed by atoms with Crippen LogP contribution in [-0.2, 0) is 0 Å². The highest BCUT2D eigenvalue weighted by molar-refractivity contribution is 5.88. The van der Waals surface area contributed by atoms with E-state index >= 15 is 0 Å². The largest absolute Gasteiger partial charge is 0.478 e. The van der Waals surface area contributed by atoms with Gasteiger partial charge in [-0.15, -0.1) is 6.42 Å². The van der Waals surface area contributed by atoms with Gasteiger partial charge in [0, 0.05) is 12.2 Å². The molecule has 0 aromatic heterocycles. The van der Waals surface area contributed by atoms with E-state index in [-0.39, 0.29) is 6.04 Å². The van der Waals surface area contributed by atoms with Crippen molar-refractivity contribution >= 4 is 11.7 Å². The Morgan fingerprint density at radius 1 is 1.44 bits per heavy atom. The minimum Gasteiger partial charge on any atom is -0.478 e. The fraction of sp³-hybridized carbons (Fsp3) is 0.308. The Balaban J connectivity index is 2.22. The molecule has 0 amide bonds. The monoisotopic (exact) mass is 215 g/mol. The van der Waals surface area contributed by atoms with Crippen LogP contribution < -0.4 is 4.90 Å².